The van der Waals surface area contributed by atoms with E-state index in [1.807, 2.05) is 0 Å². The van der Waals surface area contributed by atoms with Gasteiger partial charge in [0.15, 0.2) is 0 Å². The van der Waals surface area contributed by atoms with Crippen LogP contribution in [-0.4, -0.2) is 5.97 Å². The van der Waals surface area contributed by atoms with Crippen LogP contribution in [0.2, 0.25) is 0 Å². The third-order valence-electron chi connectivity index (χ3n) is 1.90. The SMILES string of the molecule is O=C1C=C/C(=C(/Br)c2ccc(F)cc2)O1. The maximum atomic E-state index is 12.7. The van der Waals surface area contributed by atoms with Crippen molar-refractivity contribution in [2.24, 2.45) is 0 Å². The number of benzene rings is 1. The number of ether oxygens (including phenoxy) is 1. The minimum absolute atomic E-state index is 0.303. The summed E-state index contributed by atoms with van der Waals surface area (Å²) < 4.78 is 18.2. The van der Waals surface area contributed by atoms with E-state index in [9.17, 15) is 9.18 Å². The van der Waals surface area contributed by atoms with Gasteiger partial charge in [-0.2, -0.15) is 0 Å². The molecule has 0 amide bonds. The summed E-state index contributed by atoms with van der Waals surface area (Å²) >= 11 is 3.29. The minimum atomic E-state index is -0.399. The number of carbonyl (C=O) groups is 1. The molecule has 0 aliphatic carbocycles. The minimum Gasteiger partial charge on any atom is -0.422 e. The van der Waals surface area contributed by atoms with Crippen molar-refractivity contribution in [3.05, 3.63) is 53.6 Å². The summed E-state index contributed by atoms with van der Waals surface area (Å²) in [6.45, 7) is 0. The lowest BCUT2D eigenvalue weighted by atomic mass is 10.2. The second-order valence-electron chi connectivity index (χ2n) is 2.94. The van der Waals surface area contributed by atoms with Gasteiger partial charge in [-0.05, 0) is 39.7 Å². The molecule has 0 atom stereocenters. The fourth-order valence-corrected chi connectivity index (χ4v) is 1.65. The normalized spacial score (nSPS) is 17.9. The second kappa shape index (κ2) is 3.98. The first-order valence-electron chi connectivity index (χ1n) is 4.22. The highest BCUT2D eigenvalue weighted by atomic mass is 79.9. The molecule has 1 aromatic carbocycles. The highest BCUT2D eigenvalue weighted by Crippen LogP contribution is 2.28. The molecule has 1 aliphatic heterocycles. The van der Waals surface area contributed by atoms with Crippen molar-refractivity contribution in [2.75, 3.05) is 0 Å². The molecule has 0 spiro atoms. The number of halogens is 2. The van der Waals surface area contributed by atoms with Gasteiger partial charge in [-0.3, -0.25) is 0 Å². The zero-order valence-electron chi connectivity index (χ0n) is 7.54. The van der Waals surface area contributed by atoms with Crippen LogP contribution in [0.5, 0.6) is 0 Å². The number of hydrogen-bond donors (Lipinski definition) is 0. The summed E-state index contributed by atoms with van der Waals surface area (Å²) in [5.41, 5.74) is 0.755. The zero-order chi connectivity index (χ0) is 10.8. The van der Waals surface area contributed by atoms with Gasteiger partial charge >= 0.3 is 5.97 Å². The fraction of sp³-hybridized carbons (Fsp3) is 0. The van der Waals surface area contributed by atoms with Gasteiger partial charge in [-0.1, -0.05) is 12.1 Å². The fourth-order valence-electron chi connectivity index (χ4n) is 1.18. The molecule has 1 aromatic rings. The predicted octanol–water partition coefficient (Wildman–Crippen LogP) is 3.00. The van der Waals surface area contributed by atoms with Gasteiger partial charge in [-0.15, -0.1) is 0 Å². The van der Waals surface area contributed by atoms with Gasteiger partial charge in [0.1, 0.15) is 11.6 Å². The Bertz CT molecular complexity index is 460. The molecular weight excluding hydrogens is 263 g/mol. The Labute approximate surface area is 94.2 Å². The van der Waals surface area contributed by atoms with E-state index in [4.69, 9.17) is 4.74 Å². The van der Waals surface area contributed by atoms with Crippen LogP contribution in [0, 0.1) is 5.82 Å². The molecule has 76 valence electrons. The standard InChI is InChI=1S/C11H6BrFO2/c12-11(9-5-6-10(14)15-9)7-1-3-8(13)4-2-7/h1-6H/b11-9-. The Hall–Kier alpha value is -1.42. The van der Waals surface area contributed by atoms with E-state index in [1.54, 1.807) is 18.2 Å². The molecule has 15 heavy (non-hydrogen) atoms. The summed E-state index contributed by atoms with van der Waals surface area (Å²) in [4.78, 5) is 10.8. The van der Waals surface area contributed by atoms with Gasteiger partial charge in [0.2, 0.25) is 0 Å². The molecular formula is C11H6BrFO2. The van der Waals surface area contributed by atoms with Gasteiger partial charge in [0.25, 0.3) is 0 Å². The molecule has 0 N–H and O–H groups in total. The van der Waals surface area contributed by atoms with E-state index in [0.717, 1.165) is 5.56 Å². The lowest BCUT2D eigenvalue weighted by Gasteiger charge is -2.02. The quantitative estimate of drug-likeness (QED) is 0.732. The largest absolute Gasteiger partial charge is 0.422 e. The molecule has 2 rings (SSSR count). The molecule has 1 aliphatic rings. The average molecular weight is 269 g/mol. The van der Waals surface area contributed by atoms with E-state index in [1.165, 1.54) is 18.2 Å². The van der Waals surface area contributed by atoms with Crippen LogP contribution in [0.25, 0.3) is 4.48 Å². The maximum Gasteiger partial charge on any atom is 0.336 e. The molecule has 0 radical (unpaired) electrons. The van der Waals surface area contributed by atoms with E-state index >= 15 is 0 Å². The summed E-state index contributed by atoms with van der Waals surface area (Å²) in [6.07, 6.45) is 2.90. The predicted molar refractivity (Wildman–Crippen MR) is 57.5 cm³/mol. The molecule has 0 saturated carbocycles. The summed E-state index contributed by atoms with van der Waals surface area (Å²) in [5.74, 6) is -0.265. The highest BCUT2D eigenvalue weighted by molar-refractivity contribution is 9.15. The zero-order valence-corrected chi connectivity index (χ0v) is 9.12. The summed E-state index contributed by atoms with van der Waals surface area (Å²) in [5, 5.41) is 0. The topological polar surface area (TPSA) is 26.3 Å². The summed E-state index contributed by atoms with van der Waals surface area (Å²) in [7, 11) is 0. The molecule has 4 heteroatoms. The Morgan fingerprint density at radius 2 is 1.87 bits per heavy atom. The molecule has 0 bridgehead atoms. The van der Waals surface area contributed by atoms with Crippen LogP contribution in [0.3, 0.4) is 0 Å². The van der Waals surface area contributed by atoms with E-state index < -0.39 is 5.97 Å². The number of esters is 1. The van der Waals surface area contributed by atoms with Crippen LogP contribution in [0.4, 0.5) is 4.39 Å². The van der Waals surface area contributed by atoms with E-state index in [2.05, 4.69) is 15.9 Å². The third-order valence-corrected chi connectivity index (χ3v) is 2.74. The van der Waals surface area contributed by atoms with Crippen molar-refractivity contribution in [3.8, 4) is 0 Å². The Morgan fingerprint density at radius 3 is 2.40 bits per heavy atom. The van der Waals surface area contributed by atoms with Crippen LogP contribution in [0.1, 0.15) is 5.56 Å². The Kier molecular flexibility index (Phi) is 2.68. The number of rotatable bonds is 1. The number of hydrogen-bond acceptors (Lipinski definition) is 2. The van der Waals surface area contributed by atoms with Crippen molar-refractivity contribution < 1.29 is 13.9 Å². The van der Waals surface area contributed by atoms with Crippen molar-refractivity contribution in [1.29, 1.82) is 0 Å². The highest BCUT2D eigenvalue weighted by Gasteiger charge is 2.14. The van der Waals surface area contributed by atoms with Gasteiger partial charge < -0.3 is 4.74 Å². The first-order chi connectivity index (χ1) is 7.16. The Balaban J connectivity index is 2.36. The third kappa shape index (κ3) is 2.15. The molecule has 0 saturated heterocycles. The van der Waals surface area contributed by atoms with Crippen molar-refractivity contribution in [3.63, 3.8) is 0 Å². The van der Waals surface area contributed by atoms with Crippen LogP contribution >= 0.6 is 15.9 Å². The van der Waals surface area contributed by atoms with Gasteiger partial charge in [0.05, 0.1) is 4.48 Å². The number of allylic oxidation sites excluding steroid dienone is 1. The number of cyclic esters (lactones) is 1. The second-order valence-corrected chi connectivity index (χ2v) is 3.73. The average Bonchev–Trinajstić information content (AvgIpc) is 2.65. The van der Waals surface area contributed by atoms with Crippen molar-refractivity contribution in [2.45, 2.75) is 0 Å². The molecule has 2 nitrogen and oxygen atoms in total. The van der Waals surface area contributed by atoms with E-state index in [0.29, 0.717) is 10.2 Å². The molecule has 0 unspecified atom stereocenters. The molecule has 1 heterocycles. The van der Waals surface area contributed by atoms with Crippen molar-refractivity contribution in [1.82, 2.24) is 0 Å². The van der Waals surface area contributed by atoms with E-state index in [-0.39, 0.29) is 5.82 Å². The summed E-state index contributed by atoms with van der Waals surface area (Å²) in [6, 6.07) is 5.90. The molecule has 0 aromatic heterocycles. The van der Waals surface area contributed by atoms with Crippen molar-refractivity contribution >= 4 is 26.4 Å². The lowest BCUT2D eigenvalue weighted by molar-refractivity contribution is -0.132. The lowest BCUT2D eigenvalue weighted by Crippen LogP contribution is -1.92. The smallest absolute Gasteiger partial charge is 0.336 e. The first-order valence-corrected chi connectivity index (χ1v) is 5.02. The van der Waals surface area contributed by atoms with Crippen LogP contribution in [0.15, 0.2) is 42.2 Å². The monoisotopic (exact) mass is 268 g/mol. The van der Waals surface area contributed by atoms with Gasteiger partial charge in [0, 0.05) is 6.08 Å². The Morgan fingerprint density at radius 1 is 1.20 bits per heavy atom. The maximum absolute atomic E-state index is 12.7. The van der Waals surface area contributed by atoms with Crippen LogP contribution in [-0.2, 0) is 9.53 Å². The first kappa shape index (κ1) is 10.1. The number of carbonyl (C=O) groups excluding carboxylic acids is 1. The molecule has 0 fully saturated rings. The van der Waals surface area contributed by atoms with Gasteiger partial charge in [-0.25, -0.2) is 9.18 Å². The van der Waals surface area contributed by atoms with Crippen LogP contribution < -0.4 is 0 Å².